The Kier molecular flexibility index (Phi) is 9.18. The smallest absolute Gasteiger partial charge is 0.234 e. The standard InChI is InChI=1S/C26H32ClN5O4S/c1-17(2)32-25(18(3)36-21-7-5-6-20(15-21)34-4)29-30-26(32)37-16-24(33)28-19-8-9-23(22(27)14-19)31-10-12-35-13-11-31/h5-9,14-15,17-18H,10-13,16H2,1-4H3,(H,28,33). The van der Waals surface area contributed by atoms with Crippen LogP contribution >= 0.6 is 23.4 Å². The zero-order valence-electron chi connectivity index (χ0n) is 21.4. The van der Waals surface area contributed by atoms with Gasteiger partial charge in [0.15, 0.2) is 17.1 Å². The van der Waals surface area contributed by atoms with Crippen molar-refractivity contribution in [1.29, 1.82) is 0 Å². The SMILES string of the molecule is COc1cccc(OC(C)c2nnc(SCC(=O)Nc3ccc(N4CCOCC4)c(Cl)c3)n2C(C)C)c1. The molecule has 1 unspecified atom stereocenters. The van der Waals surface area contributed by atoms with Gasteiger partial charge in [0.25, 0.3) is 0 Å². The number of thioether (sulfide) groups is 1. The third kappa shape index (κ3) is 6.88. The highest BCUT2D eigenvalue weighted by atomic mass is 35.5. The first-order valence-corrected chi connectivity index (χ1v) is 13.5. The monoisotopic (exact) mass is 545 g/mol. The molecule has 2 heterocycles. The maximum absolute atomic E-state index is 12.7. The fourth-order valence-electron chi connectivity index (χ4n) is 4.05. The Hall–Kier alpha value is -2.95. The molecule has 11 heteroatoms. The largest absolute Gasteiger partial charge is 0.497 e. The highest BCUT2D eigenvalue weighted by molar-refractivity contribution is 7.99. The summed E-state index contributed by atoms with van der Waals surface area (Å²) in [6, 6.07) is 13.1. The molecule has 0 spiro atoms. The average molecular weight is 546 g/mol. The van der Waals surface area contributed by atoms with Crippen LogP contribution < -0.4 is 19.7 Å². The van der Waals surface area contributed by atoms with E-state index in [0.717, 1.165) is 18.8 Å². The fourth-order valence-corrected chi connectivity index (χ4v) is 5.23. The number of amides is 1. The highest BCUT2D eigenvalue weighted by Crippen LogP contribution is 2.31. The van der Waals surface area contributed by atoms with Gasteiger partial charge in [-0.15, -0.1) is 10.2 Å². The lowest BCUT2D eigenvalue weighted by Crippen LogP contribution is -2.36. The van der Waals surface area contributed by atoms with Crippen molar-refractivity contribution in [3.8, 4) is 11.5 Å². The quantitative estimate of drug-likeness (QED) is 0.346. The van der Waals surface area contributed by atoms with Crippen LogP contribution in [0.3, 0.4) is 0 Å². The van der Waals surface area contributed by atoms with Crippen molar-refractivity contribution in [3.63, 3.8) is 0 Å². The van der Waals surface area contributed by atoms with E-state index in [1.165, 1.54) is 11.8 Å². The van der Waals surface area contributed by atoms with Gasteiger partial charge in [-0.25, -0.2) is 0 Å². The summed E-state index contributed by atoms with van der Waals surface area (Å²) in [5.74, 6) is 2.11. The number of methoxy groups -OCH3 is 1. The molecule has 3 aromatic rings. The van der Waals surface area contributed by atoms with Gasteiger partial charge in [0.1, 0.15) is 11.5 Å². The number of anilines is 2. The molecule has 0 aliphatic carbocycles. The molecule has 0 saturated carbocycles. The zero-order chi connectivity index (χ0) is 26.4. The van der Waals surface area contributed by atoms with Crippen LogP contribution in [-0.2, 0) is 9.53 Å². The van der Waals surface area contributed by atoms with Gasteiger partial charge in [-0.05, 0) is 51.1 Å². The summed E-state index contributed by atoms with van der Waals surface area (Å²) in [6.45, 7) is 8.98. The molecule has 1 fully saturated rings. The van der Waals surface area contributed by atoms with Crippen LogP contribution in [0.5, 0.6) is 11.5 Å². The van der Waals surface area contributed by atoms with Crippen molar-refractivity contribution >= 4 is 40.6 Å². The Morgan fingerprint density at radius 3 is 2.59 bits per heavy atom. The molecule has 9 nitrogen and oxygen atoms in total. The summed E-state index contributed by atoms with van der Waals surface area (Å²) >= 11 is 7.83. The van der Waals surface area contributed by atoms with Crippen molar-refractivity contribution in [2.24, 2.45) is 0 Å². The number of aromatic nitrogens is 3. The third-order valence-electron chi connectivity index (χ3n) is 5.84. The predicted octanol–water partition coefficient (Wildman–Crippen LogP) is 5.23. The molecule has 1 saturated heterocycles. The average Bonchev–Trinajstić information content (AvgIpc) is 3.33. The summed E-state index contributed by atoms with van der Waals surface area (Å²) in [4.78, 5) is 14.9. The molecular weight excluding hydrogens is 514 g/mol. The van der Waals surface area contributed by atoms with Crippen LogP contribution in [0.15, 0.2) is 47.6 Å². The Morgan fingerprint density at radius 1 is 1.14 bits per heavy atom. The van der Waals surface area contributed by atoms with E-state index in [1.54, 1.807) is 13.2 Å². The molecule has 1 aliphatic heterocycles. The molecule has 4 rings (SSSR count). The predicted molar refractivity (Wildman–Crippen MR) is 146 cm³/mol. The van der Waals surface area contributed by atoms with E-state index in [1.807, 2.05) is 61.7 Å². The van der Waals surface area contributed by atoms with Gasteiger partial charge in [0, 0.05) is 30.9 Å². The normalized spacial score (nSPS) is 14.5. The van der Waals surface area contributed by atoms with Gasteiger partial charge in [-0.3, -0.25) is 4.79 Å². The molecule has 1 aromatic heterocycles. The lowest BCUT2D eigenvalue weighted by atomic mass is 10.2. The van der Waals surface area contributed by atoms with Gasteiger partial charge in [0.2, 0.25) is 5.91 Å². The lowest BCUT2D eigenvalue weighted by molar-refractivity contribution is -0.113. The summed E-state index contributed by atoms with van der Waals surface area (Å²) in [7, 11) is 1.62. The van der Waals surface area contributed by atoms with E-state index < -0.39 is 0 Å². The van der Waals surface area contributed by atoms with E-state index in [4.69, 9.17) is 25.8 Å². The molecule has 37 heavy (non-hydrogen) atoms. The Labute approximate surface area is 226 Å². The van der Waals surface area contributed by atoms with E-state index >= 15 is 0 Å². The van der Waals surface area contributed by atoms with Crippen LogP contribution in [0, 0.1) is 0 Å². The summed E-state index contributed by atoms with van der Waals surface area (Å²) < 4.78 is 18.8. The molecule has 0 radical (unpaired) electrons. The van der Waals surface area contributed by atoms with Gasteiger partial charge in [-0.1, -0.05) is 29.4 Å². The third-order valence-corrected chi connectivity index (χ3v) is 7.09. The highest BCUT2D eigenvalue weighted by Gasteiger charge is 2.22. The van der Waals surface area contributed by atoms with Crippen molar-refractivity contribution in [3.05, 3.63) is 53.3 Å². The van der Waals surface area contributed by atoms with Gasteiger partial charge in [0.05, 0.1) is 36.8 Å². The molecule has 2 aromatic carbocycles. The number of carbonyl (C=O) groups excluding carboxylic acids is 1. The summed E-state index contributed by atoms with van der Waals surface area (Å²) in [6.07, 6.45) is -0.350. The number of hydrogen-bond acceptors (Lipinski definition) is 8. The van der Waals surface area contributed by atoms with E-state index in [2.05, 4.69) is 20.4 Å². The first-order chi connectivity index (χ1) is 17.9. The number of morpholine rings is 1. The van der Waals surface area contributed by atoms with Crippen LogP contribution in [0.1, 0.15) is 38.7 Å². The second kappa shape index (κ2) is 12.5. The molecule has 1 N–H and O–H groups in total. The molecule has 1 amide bonds. The lowest BCUT2D eigenvalue weighted by Gasteiger charge is -2.29. The van der Waals surface area contributed by atoms with Gasteiger partial charge >= 0.3 is 0 Å². The summed E-state index contributed by atoms with van der Waals surface area (Å²) in [5, 5.41) is 12.9. The number of halogens is 1. The van der Waals surface area contributed by atoms with E-state index in [0.29, 0.717) is 46.4 Å². The number of nitrogens with one attached hydrogen (secondary N) is 1. The van der Waals surface area contributed by atoms with Crippen LogP contribution in [0.25, 0.3) is 0 Å². The van der Waals surface area contributed by atoms with Gasteiger partial charge < -0.3 is 29.0 Å². The second-order valence-electron chi connectivity index (χ2n) is 8.85. The topological polar surface area (TPSA) is 90.7 Å². The maximum Gasteiger partial charge on any atom is 0.234 e. The Bertz CT molecular complexity index is 1220. The minimum Gasteiger partial charge on any atom is -0.497 e. The van der Waals surface area contributed by atoms with Crippen LogP contribution in [-0.4, -0.2) is 59.8 Å². The number of nitrogens with zero attached hydrogens (tertiary/aromatic N) is 4. The number of carbonyl (C=O) groups is 1. The Morgan fingerprint density at radius 2 is 1.89 bits per heavy atom. The number of hydrogen-bond donors (Lipinski definition) is 1. The van der Waals surface area contributed by atoms with Crippen molar-refractivity contribution in [2.45, 2.75) is 38.1 Å². The number of rotatable bonds is 10. The molecule has 1 atom stereocenters. The molecular formula is C26H32ClN5O4S. The van der Waals surface area contributed by atoms with Gasteiger partial charge in [-0.2, -0.15) is 0 Å². The first-order valence-electron chi connectivity index (χ1n) is 12.2. The van der Waals surface area contributed by atoms with E-state index in [9.17, 15) is 4.79 Å². The minimum absolute atomic E-state index is 0.0819. The molecule has 198 valence electrons. The van der Waals surface area contributed by atoms with Crippen molar-refractivity contribution in [1.82, 2.24) is 14.8 Å². The summed E-state index contributed by atoms with van der Waals surface area (Å²) in [5.41, 5.74) is 1.60. The van der Waals surface area contributed by atoms with Crippen LogP contribution in [0.4, 0.5) is 11.4 Å². The molecule has 1 aliphatic rings. The van der Waals surface area contributed by atoms with Crippen molar-refractivity contribution in [2.75, 3.05) is 49.4 Å². The number of ether oxygens (including phenoxy) is 3. The second-order valence-corrected chi connectivity index (χ2v) is 10.2. The number of benzene rings is 2. The fraction of sp³-hybridized carbons (Fsp3) is 0.423. The zero-order valence-corrected chi connectivity index (χ0v) is 23.0. The van der Waals surface area contributed by atoms with Crippen molar-refractivity contribution < 1.29 is 19.0 Å². The van der Waals surface area contributed by atoms with E-state index in [-0.39, 0.29) is 23.8 Å². The molecule has 0 bridgehead atoms. The minimum atomic E-state index is -0.350. The van der Waals surface area contributed by atoms with Crippen LogP contribution in [0.2, 0.25) is 5.02 Å². The first kappa shape index (κ1) is 27.1. The Balaban J connectivity index is 1.38. The maximum atomic E-state index is 12.7.